The molecular formula is C11H8BrN3O3. The second-order valence-electron chi connectivity index (χ2n) is 3.48. The molecule has 0 aliphatic carbocycles. The van der Waals surface area contributed by atoms with E-state index in [0.717, 1.165) is 0 Å². The molecule has 0 amide bonds. The van der Waals surface area contributed by atoms with Gasteiger partial charge in [0.25, 0.3) is 5.56 Å². The van der Waals surface area contributed by atoms with Crippen LogP contribution in [0, 0.1) is 0 Å². The number of aromatic carboxylic acids is 1. The van der Waals surface area contributed by atoms with Crippen LogP contribution in [0.4, 0.5) is 0 Å². The summed E-state index contributed by atoms with van der Waals surface area (Å²) in [5, 5.41) is 8.99. The van der Waals surface area contributed by atoms with E-state index in [1.165, 1.54) is 17.1 Å². The van der Waals surface area contributed by atoms with E-state index in [1.807, 2.05) is 0 Å². The van der Waals surface area contributed by atoms with Crippen molar-refractivity contribution < 1.29 is 9.90 Å². The Bertz CT molecular complexity index is 654. The van der Waals surface area contributed by atoms with Gasteiger partial charge in [-0.05, 0) is 28.1 Å². The zero-order valence-corrected chi connectivity index (χ0v) is 10.7. The molecule has 0 radical (unpaired) electrons. The Morgan fingerprint density at radius 2 is 2.28 bits per heavy atom. The van der Waals surface area contributed by atoms with Crippen molar-refractivity contribution in [2.24, 2.45) is 0 Å². The van der Waals surface area contributed by atoms with Gasteiger partial charge in [-0.1, -0.05) is 0 Å². The fourth-order valence-electron chi connectivity index (χ4n) is 1.45. The van der Waals surface area contributed by atoms with Crippen molar-refractivity contribution in [3.8, 4) is 0 Å². The molecule has 0 saturated carbocycles. The van der Waals surface area contributed by atoms with Crippen molar-refractivity contribution in [3.63, 3.8) is 0 Å². The number of carboxylic acids is 1. The molecule has 0 bridgehead atoms. The van der Waals surface area contributed by atoms with Gasteiger partial charge in [-0.15, -0.1) is 0 Å². The summed E-state index contributed by atoms with van der Waals surface area (Å²) in [6.45, 7) is 0.0857. The van der Waals surface area contributed by atoms with Crippen molar-refractivity contribution in [1.29, 1.82) is 0 Å². The van der Waals surface area contributed by atoms with Gasteiger partial charge in [0.05, 0.1) is 16.7 Å². The Kier molecular flexibility index (Phi) is 3.52. The van der Waals surface area contributed by atoms with Crippen molar-refractivity contribution in [1.82, 2.24) is 14.5 Å². The van der Waals surface area contributed by atoms with E-state index in [1.54, 1.807) is 18.3 Å². The molecule has 1 N–H and O–H groups in total. The molecule has 2 aromatic rings. The van der Waals surface area contributed by atoms with Gasteiger partial charge in [-0.3, -0.25) is 4.79 Å². The molecule has 0 aliphatic rings. The van der Waals surface area contributed by atoms with Crippen LogP contribution in [-0.4, -0.2) is 25.6 Å². The number of rotatable bonds is 3. The molecule has 0 fully saturated rings. The van der Waals surface area contributed by atoms with Crippen molar-refractivity contribution in [2.75, 3.05) is 0 Å². The standard InChI is InChI=1S/C11H8BrN3O3/c12-8-2-1-3-15(10(8)16)5-9-7(11(17)18)4-13-6-14-9/h1-4,6H,5H2,(H,17,18). The van der Waals surface area contributed by atoms with Crippen LogP contribution in [0.3, 0.4) is 0 Å². The number of hydrogen-bond acceptors (Lipinski definition) is 4. The second kappa shape index (κ2) is 5.09. The summed E-state index contributed by atoms with van der Waals surface area (Å²) in [5.74, 6) is -1.12. The summed E-state index contributed by atoms with van der Waals surface area (Å²) in [6, 6.07) is 3.31. The van der Waals surface area contributed by atoms with Crippen LogP contribution in [-0.2, 0) is 6.54 Å². The van der Waals surface area contributed by atoms with Gasteiger partial charge in [0, 0.05) is 12.4 Å². The number of pyridine rings is 1. The first-order chi connectivity index (χ1) is 8.59. The zero-order chi connectivity index (χ0) is 13.1. The lowest BCUT2D eigenvalue weighted by atomic mass is 10.2. The number of carbonyl (C=O) groups is 1. The Labute approximate surface area is 110 Å². The van der Waals surface area contributed by atoms with E-state index < -0.39 is 5.97 Å². The fraction of sp³-hybridized carbons (Fsp3) is 0.0909. The molecular weight excluding hydrogens is 302 g/mol. The fourth-order valence-corrected chi connectivity index (χ4v) is 1.83. The molecule has 7 heteroatoms. The predicted octanol–water partition coefficient (Wildman–Crippen LogP) is 1.15. The highest BCUT2D eigenvalue weighted by atomic mass is 79.9. The first-order valence-corrected chi connectivity index (χ1v) is 5.76. The topological polar surface area (TPSA) is 85.1 Å². The monoisotopic (exact) mass is 309 g/mol. The Morgan fingerprint density at radius 3 is 3.00 bits per heavy atom. The van der Waals surface area contributed by atoms with Crippen LogP contribution in [0.1, 0.15) is 16.1 Å². The highest BCUT2D eigenvalue weighted by molar-refractivity contribution is 9.10. The normalized spacial score (nSPS) is 10.3. The number of carboxylic acid groups (broad SMARTS) is 1. The summed E-state index contributed by atoms with van der Waals surface area (Å²) < 4.78 is 1.79. The average Bonchev–Trinajstić information content (AvgIpc) is 2.35. The van der Waals surface area contributed by atoms with Crippen molar-refractivity contribution >= 4 is 21.9 Å². The maximum Gasteiger partial charge on any atom is 0.339 e. The minimum Gasteiger partial charge on any atom is -0.478 e. The molecule has 2 heterocycles. The second-order valence-corrected chi connectivity index (χ2v) is 4.33. The minimum absolute atomic E-state index is 0.00984. The average molecular weight is 310 g/mol. The van der Waals surface area contributed by atoms with Gasteiger partial charge in [0.1, 0.15) is 11.9 Å². The summed E-state index contributed by atoms with van der Waals surface area (Å²) in [5.41, 5.74) is 0.0366. The van der Waals surface area contributed by atoms with Crippen LogP contribution in [0.15, 0.2) is 40.1 Å². The number of halogens is 1. The smallest absolute Gasteiger partial charge is 0.339 e. The van der Waals surface area contributed by atoms with E-state index in [-0.39, 0.29) is 23.4 Å². The Hall–Kier alpha value is -2.02. The Morgan fingerprint density at radius 1 is 1.50 bits per heavy atom. The molecule has 0 saturated heterocycles. The van der Waals surface area contributed by atoms with Crippen molar-refractivity contribution in [3.05, 3.63) is 56.9 Å². The van der Waals surface area contributed by atoms with Crippen LogP contribution in [0.25, 0.3) is 0 Å². The first kappa shape index (κ1) is 12.4. The van der Waals surface area contributed by atoms with Gasteiger partial charge in [-0.2, -0.15) is 0 Å². The third-order valence-corrected chi connectivity index (χ3v) is 2.92. The van der Waals surface area contributed by atoms with Gasteiger partial charge in [-0.25, -0.2) is 14.8 Å². The number of aromatic nitrogens is 3. The van der Waals surface area contributed by atoms with E-state index in [4.69, 9.17) is 5.11 Å². The zero-order valence-electron chi connectivity index (χ0n) is 9.08. The molecule has 0 atom stereocenters. The maximum atomic E-state index is 11.8. The minimum atomic E-state index is -1.12. The van der Waals surface area contributed by atoms with Gasteiger partial charge >= 0.3 is 5.97 Å². The largest absolute Gasteiger partial charge is 0.478 e. The summed E-state index contributed by atoms with van der Waals surface area (Å²) in [7, 11) is 0. The highest BCUT2D eigenvalue weighted by Gasteiger charge is 2.12. The van der Waals surface area contributed by atoms with Crippen LogP contribution in [0.5, 0.6) is 0 Å². The molecule has 0 aromatic carbocycles. The quantitative estimate of drug-likeness (QED) is 0.919. The van der Waals surface area contributed by atoms with Crippen LogP contribution >= 0.6 is 15.9 Å². The lowest BCUT2D eigenvalue weighted by Gasteiger charge is -2.07. The summed E-state index contributed by atoms with van der Waals surface area (Å²) in [4.78, 5) is 30.3. The third kappa shape index (κ3) is 2.45. The highest BCUT2D eigenvalue weighted by Crippen LogP contribution is 2.07. The van der Waals surface area contributed by atoms with E-state index >= 15 is 0 Å². The van der Waals surface area contributed by atoms with E-state index in [2.05, 4.69) is 25.9 Å². The lowest BCUT2D eigenvalue weighted by molar-refractivity contribution is 0.0694. The summed E-state index contributed by atoms with van der Waals surface area (Å²) in [6.07, 6.45) is 4.04. The number of hydrogen-bond donors (Lipinski definition) is 1. The van der Waals surface area contributed by atoms with Gasteiger partial charge in [0.2, 0.25) is 0 Å². The molecule has 2 aromatic heterocycles. The maximum absolute atomic E-state index is 11.8. The third-order valence-electron chi connectivity index (χ3n) is 2.32. The molecule has 0 spiro atoms. The van der Waals surface area contributed by atoms with Crippen molar-refractivity contribution in [2.45, 2.75) is 6.54 Å². The van der Waals surface area contributed by atoms with E-state index in [0.29, 0.717) is 4.47 Å². The Balaban J connectivity index is 2.44. The SMILES string of the molecule is O=C(O)c1cncnc1Cn1cccc(Br)c1=O. The molecule has 18 heavy (non-hydrogen) atoms. The van der Waals surface area contributed by atoms with Gasteiger partial charge in [0.15, 0.2) is 0 Å². The predicted molar refractivity (Wildman–Crippen MR) is 66.5 cm³/mol. The molecule has 0 unspecified atom stereocenters. The summed E-state index contributed by atoms with van der Waals surface area (Å²) >= 11 is 3.12. The lowest BCUT2D eigenvalue weighted by Crippen LogP contribution is -2.22. The molecule has 0 aliphatic heterocycles. The first-order valence-electron chi connectivity index (χ1n) is 4.96. The molecule has 6 nitrogen and oxygen atoms in total. The van der Waals surface area contributed by atoms with Crippen LogP contribution < -0.4 is 5.56 Å². The van der Waals surface area contributed by atoms with Gasteiger partial charge < -0.3 is 9.67 Å². The van der Waals surface area contributed by atoms with E-state index in [9.17, 15) is 9.59 Å². The number of nitrogens with zero attached hydrogens (tertiary/aromatic N) is 3. The van der Waals surface area contributed by atoms with Crippen LogP contribution in [0.2, 0.25) is 0 Å². The molecule has 2 rings (SSSR count). The molecule has 92 valence electrons.